The van der Waals surface area contributed by atoms with Crippen LogP contribution in [-0.2, 0) is 6.42 Å². The molecule has 1 aliphatic rings. The van der Waals surface area contributed by atoms with E-state index in [9.17, 15) is 9.90 Å². The van der Waals surface area contributed by atoms with Gasteiger partial charge in [0, 0.05) is 0 Å². The maximum absolute atomic E-state index is 11.2. The maximum atomic E-state index is 11.2. The molecule has 0 aromatic heterocycles. The second kappa shape index (κ2) is 5.35. The summed E-state index contributed by atoms with van der Waals surface area (Å²) in [6, 6.07) is 5.75. The van der Waals surface area contributed by atoms with Crippen molar-refractivity contribution >= 4 is 5.97 Å². The summed E-state index contributed by atoms with van der Waals surface area (Å²) in [5.41, 5.74) is 2.83. The minimum Gasteiger partial charge on any atom is -0.478 e. The third-order valence-electron chi connectivity index (χ3n) is 3.84. The smallest absolute Gasteiger partial charge is 0.335 e. The molecule has 0 atom stereocenters. The van der Waals surface area contributed by atoms with Crippen molar-refractivity contribution in [1.29, 1.82) is 0 Å². The number of benzene rings is 1. The minimum atomic E-state index is -0.792. The Kier molecular flexibility index (Phi) is 3.82. The fraction of sp³-hybridized carbons (Fsp3) is 0.533. The first-order valence-corrected chi connectivity index (χ1v) is 6.59. The van der Waals surface area contributed by atoms with Crippen LogP contribution in [0.2, 0.25) is 0 Å². The first kappa shape index (κ1) is 12.2. The Morgan fingerprint density at radius 3 is 2.59 bits per heavy atom. The van der Waals surface area contributed by atoms with Gasteiger partial charge in [-0.1, -0.05) is 38.3 Å². The van der Waals surface area contributed by atoms with E-state index in [2.05, 4.69) is 6.07 Å². The standard InChI is InChI=1S/C15H20O2/c1-2-12-13(11-7-4-3-5-8-11)9-6-10-14(12)15(16)17/h6,9-11H,2-5,7-8H2,1H3,(H,16,17). The molecule has 0 radical (unpaired) electrons. The lowest BCUT2D eigenvalue weighted by molar-refractivity contribution is 0.0695. The third-order valence-corrected chi connectivity index (χ3v) is 3.84. The van der Waals surface area contributed by atoms with E-state index in [4.69, 9.17) is 0 Å². The van der Waals surface area contributed by atoms with Gasteiger partial charge in [0.05, 0.1) is 5.56 Å². The van der Waals surface area contributed by atoms with Crippen molar-refractivity contribution in [2.75, 3.05) is 0 Å². The molecule has 0 bridgehead atoms. The van der Waals surface area contributed by atoms with Crippen LogP contribution < -0.4 is 0 Å². The largest absolute Gasteiger partial charge is 0.478 e. The highest BCUT2D eigenvalue weighted by Gasteiger charge is 2.20. The van der Waals surface area contributed by atoms with Gasteiger partial charge in [0.1, 0.15) is 0 Å². The molecule has 0 heterocycles. The summed E-state index contributed by atoms with van der Waals surface area (Å²) in [4.78, 5) is 11.2. The molecule has 0 aliphatic heterocycles. The van der Waals surface area contributed by atoms with Crippen molar-refractivity contribution in [2.45, 2.75) is 51.4 Å². The second-order valence-electron chi connectivity index (χ2n) is 4.87. The Balaban J connectivity index is 2.38. The molecular formula is C15H20O2. The van der Waals surface area contributed by atoms with Crippen LogP contribution in [0.3, 0.4) is 0 Å². The normalized spacial score (nSPS) is 17.0. The van der Waals surface area contributed by atoms with Gasteiger partial charge in [-0.25, -0.2) is 4.79 Å². The number of carboxylic acid groups (broad SMARTS) is 1. The molecule has 17 heavy (non-hydrogen) atoms. The van der Waals surface area contributed by atoms with Crippen LogP contribution in [0.15, 0.2) is 18.2 Å². The van der Waals surface area contributed by atoms with Crippen LogP contribution in [0.5, 0.6) is 0 Å². The molecule has 1 aliphatic carbocycles. The number of carboxylic acids is 1. The molecule has 2 rings (SSSR count). The number of hydrogen-bond donors (Lipinski definition) is 1. The second-order valence-corrected chi connectivity index (χ2v) is 4.87. The van der Waals surface area contributed by atoms with E-state index in [0.29, 0.717) is 11.5 Å². The van der Waals surface area contributed by atoms with Crippen LogP contribution >= 0.6 is 0 Å². The molecule has 0 spiro atoms. The lowest BCUT2D eigenvalue weighted by Crippen LogP contribution is -2.11. The molecule has 2 heteroatoms. The van der Waals surface area contributed by atoms with Crippen LogP contribution in [0, 0.1) is 0 Å². The summed E-state index contributed by atoms with van der Waals surface area (Å²) in [5, 5.41) is 9.22. The molecule has 0 saturated heterocycles. The lowest BCUT2D eigenvalue weighted by Gasteiger charge is -2.24. The Bertz CT molecular complexity index is 403. The number of aromatic carboxylic acids is 1. The van der Waals surface area contributed by atoms with Crippen molar-refractivity contribution in [3.8, 4) is 0 Å². The van der Waals surface area contributed by atoms with E-state index in [-0.39, 0.29) is 0 Å². The van der Waals surface area contributed by atoms with Gasteiger partial charge in [-0.15, -0.1) is 0 Å². The summed E-state index contributed by atoms with van der Waals surface area (Å²) >= 11 is 0. The van der Waals surface area contributed by atoms with Crippen LogP contribution in [-0.4, -0.2) is 11.1 Å². The molecule has 1 saturated carbocycles. The first-order valence-electron chi connectivity index (χ1n) is 6.59. The van der Waals surface area contributed by atoms with Crippen molar-refractivity contribution in [2.24, 2.45) is 0 Å². The predicted octanol–water partition coefficient (Wildman–Crippen LogP) is 3.99. The van der Waals surface area contributed by atoms with Gasteiger partial charge in [-0.05, 0) is 42.4 Å². The Morgan fingerprint density at radius 1 is 1.29 bits per heavy atom. The highest BCUT2D eigenvalue weighted by atomic mass is 16.4. The zero-order valence-electron chi connectivity index (χ0n) is 10.4. The summed E-state index contributed by atoms with van der Waals surface area (Å²) in [6.07, 6.45) is 7.15. The monoisotopic (exact) mass is 232 g/mol. The number of rotatable bonds is 3. The van der Waals surface area contributed by atoms with E-state index in [1.807, 2.05) is 13.0 Å². The molecule has 2 nitrogen and oxygen atoms in total. The Labute approximate surface area is 103 Å². The van der Waals surface area contributed by atoms with Gasteiger partial charge in [0.15, 0.2) is 0 Å². The molecule has 1 N–H and O–H groups in total. The highest BCUT2D eigenvalue weighted by Crippen LogP contribution is 2.35. The van der Waals surface area contributed by atoms with Crippen LogP contribution in [0.25, 0.3) is 0 Å². The molecule has 92 valence electrons. The third kappa shape index (κ3) is 2.51. The SMILES string of the molecule is CCc1c(C(=O)O)cccc1C1CCCCC1. The zero-order valence-corrected chi connectivity index (χ0v) is 10.4. The van der Waals surface area contributed by atoms with Gasteiger partial charge in [-0.2, -0.15) is 0 Å². The fourth-order valence-electron chi connectivity index (χ4n) is 3.00. The predicted molar refractivity (Wildman–Crippen MR) is 68.6 cm³/mol. The molecule has 1 fully saturated rings. The van der Waals surface area contributed by atoms with Gasteiger partial charge < -0.3 is 5.11 Å². The minimum absolute atomic E-state index is 0.496. The van der Waals surface area contributed by atoms with Crippen LogP contribution in [0.4, 0.5) is 0 Å². The molecular weight excluding hydrogens is 212 g/mol. The van der Waals surface area contributed by atoms with Crippen molar-refractivity contribution < 1.29 is 9.90 Å². The van der Waals surface area contributed by atoms with Crippen molar-refractivity contribution in [3.63, 3.8) is 0 Å². The summed E-state index contributed by atoms with van der Waals surface area (Å²) in [6.45, 7) is 2.05. The van der Waals surface area contributed by atoms with Gasteiger partial charge >= 0.3 is 5.97 Å². The van der Waals surface area contributed by atoms with Crippen molar-refractivity contribution in [3.05, 3.63) is 34.9 Å². The lowest BCUT2D eigenvalue weighted by atomic mass is 9.80. The first-order chi connectivity index (χ1) is 8.24. The van der Waals surface area contributed by atoms with Crippen molar-refractivity contribution in [1.82, 2.24) is 0 Å². The molecule has 1 aromatic rings. The van der Waals surface area contributed by atoms with E-state index in [0.717, 1.165) is 12.0 Å². The number of carbonyl (C=O) groups is 1. The average molecular weight is 232 g/mol. The molecule has 0 amide bonds. The highest BCUT2D eigenvalue weighted by molar-refractivity contribution is 5.89. The van der Waals surface area contributed by atoms with Gasteiger partial charge in [0.2, 0.25) is 0 Å². The van der Waals surface area contributed by atoms with E-state index < -0.39 is 5.97 Å². The molecule has 0 unspecified atom stereocenters. The topological polar surface area (TPSA) is 37.3 Å². The van der Waals surface area contributed by atoms with Gasteiger partial charge in [-0.3, -0.25) is 0 Å². The summed E-state index contributed by atoms with van der Waals surface area (Å²) < 4.78 is 0. The quantitative estimate of drug-likeness (QED) is 0.855. The fourth-order valence-corrected chi connectivity index (χ4v) is 3.00. The maximum Gasteiger partial charge on any atom is 0.335 e. The Hall–Kier alpha value is -1.31. The van der Waals surface area contributed by atoms with E-state index >= 15 is 0 Å². The summed E-state index contributed by atoms with van der Waals surface area (Å²) in [5.74, 6) is -0.211. The van der Waals surface area contributed by atoms with Gasteiger partial charge in [0.25, 0.3) is 0 Å². The number of hydrogen-bond acceptors (Lipinski definition) is 1. The summed E-state index contributed by atoms with van der Waals surface area (Å²) in [7, 11) is 0. The van der Waals surface area contributed by atoms with E-state index in [1.54, 1.807) is 6.07 Å². The molecule has 1 aromatic carbocycles. The Morgan fingerprint density at radius 2 is 2.00 bits per heavy atom. The van der Waals surface area contributed by atoms with Crippen LogP contribution in [0.1, 0.15) is 66.4 Å². The average Bonchev–Trinajstić information content (AvgIpc) is 2.38. The zero-order chi connectivity index (χ0) is 12.3. The van der Waals surface area contributed by atoms with E-state index in [1.165, 1.54) is 37.7 Å².